The molecule has 0 aliphatic carbocycles. The molecular formula is C25H25ClF5N7O4. The molecule has 2 atom stereocenters. The van der Waals surface area contributed by atoms with Crippen LogP contribution in [0.1, 0.15) is 39.5 Å². The SMILES string of the molecule is Cc1cn[nH]ccc(C(=O)NCC(=O)NC(CC(=O)O)c2cc(Cl)c(F)c(C(F)(F)F)c2)cc1NC1=NCC(F)CN1. The van der Waals surface area contributed by atoms with Crippen LogP contribution in [-0.4, -0.2) is 64.9 Å². The molecule has 2 aromatic rings. The smallest absolute Gasteiger partial charge is 0.419 e. The van der Waals surface area contributed by atoms with Gasteiger partial charge in [-0.2, -0.15) is 18.3 Å². The number of rotatable bonds is 8. The Balaban J connectivity index is 1.79. The van der Waals surface area contributed by atoms with Crippen molar-refractivity contribution in [2.45, 2.75) is 31.7 Å². The van der Waals surface area contributed by atoms with Crippen molar-refractivity contribution in [1.82, 2.24) is 26.1 Å². The second-order valence-corrected chi connectivity index (χ2v) is 9.38. The quantitative estimate of drug-likeness (QED) is 0.248. The molecule has 2 heterocycles. The van der Waals surface area contributed by atoms with E-state index in [1.807, 2.05) is 0 Å². The molecule has 0 saturated carbocycles. The molecule has 1 aromatic heterocycles. The second kappa shape index (κ2) is 13.9. The van der Waals surface area contributed by atoms with Gasteiger partial charge in [-0.1, -0.05) is 11.6 Å². The fourth-order valence-corrected chi connectivity index (χ4v) is 3.88. The number of nitrogens with zero attached hydrogens (tertiary/aromatic N) is 2. The Morgan fingerprint density at radius 3 is 2.62 bits per heavy atom. The van der Waals surface area contributed by atoms with E-state index >= 15 is 0 Å². The standard InChI is InChI=1S/C25H25ClF5N7O4/c1-12-8-36-35-3-2-13(6-18(12)38-24-33-9-15(27)10-34-24)23(42)32-11-20(39)37-19(7-21(40)41)14-4-16(25(29,30)31)22(28)17(26)5-14/h2-6,8,15,19,35H,7,9-11H2,1H3,(H,32,42)(H,37,39)(H,40,41)(H2,33,34,38). The number of alkyl halides is 4. The van der Waals surface area contributed by atoms with Crippen LogP contribution in [-0.2, 0) is 15.8 Å². The van der Waals surface area contributed by atoms with E-state index in [1.54, 1.807) is 6.92 Å². The predicted molar refractivity (Wildman–Crippen MR) is 142 cm³/mol. The molecule has 0 fully saturated rings. The van der Waals surface area contributed by atoms with E-state index in [0.29, 0.717) is 17.3 Å². The van der Waals surface area contributed by atoms with Crippen LogP contribution >= 0.6 is 11.6 Å². The number of aromatic nitrogens is 2. The Kier molecular flexibility index (Phi) is 10.6. The molecule has 17 heteroatoms. The Labute approximate surface area is 240 Å². The normalized spacial score (nSPS) is 15.4. The van der Waals surface area contributed by atoms with Crippen LogP contribution in [0.5, 0.6) is 0 Å². The zero-order chi connectivity index (χ0) is 31.0. The summed E-state index contributed by atoms with van der Waals surface area (Å²) in [6, 6.07) is 2.35. The van der Waals surface area contributed by atoms with Crippen LogP contribution < -0.4 is 21.3 Å². The number of benzene rings is 1. The molecule has 226 valence electrons. The van der Waals surface area contributed by atoms with Crippen molar-refractivity contribution in [3.8, 4) is 0 Å². The molecule has 42 heavy (non-hydrogen) atoms. The van der Waals surface area contributed by atoms with Crippen LogP contribution in [0.25, 0.3) is 0 Å². The van der Waals surface area contributed by atoms with Gasteiger partial charge < -0.3 is 26.4 Å². The summed E-state index contributed by atoms with van der Waals surface area (Å²) in [5.74, 6) is -4.68. The van der Waals surface area contributed by atoms with Gasteiger partial charge in [0.2, 0.25) is 5.91 Å². The number of halogens is 6. The average Bonchev–Trinajstić information content (AvgIpc) is 2.99. The summed E-state index contributed by atoms with van der Waals surface area (Å²) in [6.45, 7) is 0.940. The largest absolute Gasteiger partial charge is 0.481 e. The molecule has 0 saturated heterocycles. The van der Waals surface area contributed by atoms with Crippen molar-refractivity contribution in [3.05, 3.63) is 69.8 Å². The van der Waals surface area contributed by atoms with Gasteiger partial charge in [0.1, 0.15) is 6.17 Å². The number of aliphatic carboxylic acids is 1. The highest BCUT2D eigenvalue weighted by atomic mass is 35.5. The van der Waals surface area contributed by atoms with Gasteiger partial charge in [-0.3, -0.25) is 19.5 Å². The first-order chi connectivity index (χ1) is 19.7. The lowest BCUT2D eigenvalue weighted by Gasteiger charge is -2.20. The molecule has 1 aromatic carbocycles. The van der Waals surface area contributed by atoms with Gasteiger partial charge in [0.05, 0.1) is 48.9 Å². The van der Waals surface area contributed by atoms with E-state index in [9.17, 15) is 41.4 Å². The fraction of sp³-hybridized carbons (Fsp3) is 0.320. The lowest BCUT2D eigenvalue weighted by atomic mass is 10.0. The summed E-state index contributed by atoms with van der Waals surface area (Å²) in [5.41, 5.74) is -1.21. The van der Waals surface area contributed by atoms with Crippen molar-refractivity contribution < 1.29 is 41.4 Å². The minimum atomic E-state index is -5.14. The van der Waals surface area contributed by atoms with Gasteiger partial charge in [0, 0.05) is 17.4 Å². The average molecular weight is 618 g/mol. The predicted octanol–water partition coefficient (Wildman–Crippen LogP) is 3.43. The molecule has 0 radical (unpaired) electrons. The molecular weight excluding hydrogens is 593 g/mol. The summed E-state index contributed by atoms with van der Waals surface area (Å²) in [5, 5.41) is 25.1. The number of carbonyl (C=O) groups is 3. The van der Waals surface area contributed by atoms with Gasteiger partial charge in [-0.05, 0) is 42.3 Å². The number of carbonyl (C=O) groups excluding carboxylic acids is 2. The number of hydrogen-bond acceptors (Lipinski definition) is 7. The van der Waals surface area contributed by atoms with Gasteiger partial charge in [0.15, 0.2) is 11.8 Å². The maximum atomic E-state index is 14.0. The summed E-state index contributed by atoms with van der Waals surface area (Å²) in [6.07, 6.45) is -4.36. The minimum absolute atomic E-state index is 0.0182. The first-order valence-electron chi connectivity index (χ1n) is 12.2. The molecule has 3 rings (SSSR count). The first kappa shape index (κ1) is 32.0. The molecule has 6 N–H and O–H groups in total. The Bertz CT molecular complexity index is 1430. The minimum Gasteiger partial charge on any atom is -0.481 e. The number of H-pyrrole nitrogens is 1. The van der Waals surface area contributed by atoms with E-state index in [-0.39, 0.29) is 24.6 Å². The zero-order valence-electron chi connectivity index (χ0n) is 21.8. The van der Waals surface area contributed by atoms with Crippen LogP contribution in [0.15, 0.2) is 41.7 Å². The molecule has 2 amide bonds. The number of carboxylic acid groups (broad SMARTS) is 1. The third-order valence-corrected chi connectivity index (χ3v) is 6.01. The van der Waals surface area contributed by atoms with Crippen LogP contribution in [0, 0.1) is 12.7 Å². The number of aryl methyl sites for hydroxylation is 1. The Hall–Kier alpha value is -4.47. The van der Waals surface area contributed by atoms with Gasteiger partial charge in [-0.25, -0.2) is 13.8 Å². The van der Waals surface area contributed by atoms with E-state index < -0.39 is 71.1 Å². The maximum Gasteiger partial charge on any atom is 0.419 e. The Morgan fingerprint density at radius 2 is 1.98 bits per heavy atom. The van der Waals surface area contributed by atoms with Crippen LogP contribution in [0.3, 0.4) is 0 Å². The lowest BCUT2D eigenvalue weighted by molar-refractivity contribution is -0.140. The fourth-order valence-electron chi connectivity index (χ4n) is 3.65. The number of carboxylic acids is 1. The number of guanidine groups is 1. The molecule has 0 spiro atoms. The summed E-state index contributed by atoms with van der Waals surface area (Å²) in [4.78, 5) is 40.9. The highest BCUT2D eigenvalue weighted by molar-refractivity contribution is 6.30. The van der Waals surface area contributed by atoms with Crippen LogP contribution in [0.2, 0.25) is 5.02 Å². The number of anilines is 1. The second-order valence-electron chi connectivity index (χ2n) is 8.97. The molecule has 1 aliphatic rings. The lowest BCUT2D eigenvalue weighted by Crippen LogP contribution is -2.41. The highest BCUT2D eigenvalue weighted by Crippen LogP contribution is 2.36. The van der Waals surface area contributed by atoms with E-state index in [2.05, 4.69) is 36.5 Å². The Morgan fingerprint density at radius 1 is 1.24 bits per heavy atom. The maximum absolute atomic E-state index is 14.0. The highest BCUT2D eigenvalue weighted by Gasteiger charge is 2.36. The summed E-state index contributed by atoms with van der Waals surface area (Å²) < 4.78 is 67.1. The number of aromatic amines is 1. The summed E-state index contributed by atoms with van der Waals surface area (Å²) in [7, 11) is 0. The monoisotopic (exact) mass is 617 g/mol. The third kappa shape index (κ3) is 9.02. The molecule has 11 nitrogen and oxygen atoms in total. The summed E-state index contributed by atoms with van der Waals surface area (Å²) >= 11 is 5.60. The van der Waals surface area contributed by atoms with Crippen molar-refractivity contribution in [2.24, 2.45) is 4.99 Å². The number of aliphatic imine (C=N–C) groups is 1. The third-order valence-electron chi connectivity index (χ3n) is 5.73. The van der Waals surface area contributed by atoms with Crippen LogP contribution in [0.4, 0.5) is 27.6 Å². The van der Waals surface area contributed by atoms with Crippen molar-refractivity contribution in [2.75, 3.05) is 25.0 Å². The van der Waals surface area contributed by atoms with E-state index in [1.165, 1.54) is 24.5 Å². The molecule has 0 bridgehead atoms. The van der Waals surface area contributed by atoms with Crippen molar-refractivity contribution in [1.29, 1.82) is 0 Å². The van der Waals surface area contributed by atoms with E-state index in [0.717, 1.165) is 6.07 Å². The number of nitrogens with one attached hydrogen (secondary N) is 5. The van der Waals surface area contributed by atoms with Crippen molar-refractivity contribution in [3.63, 3.8) is 0 Å². The van der Waals surface area contributed by atoms with Crippen molar-refractivity contribution >= 4 is 41.0 Å². The number of amides is 2. The molecule has 1 aliphatic heterocycles. The topological polar surface area (TPSA) is 161 Å². The van der Waals surface area contributed by atoms with Gasteiger partial charge in [-0.15, -0.1) is 0 Å². The van der Waals surface area contributed by atoms with E-state index in [4.69, 9.17) is 11.6 Å². The zero-order valence-corrected chi connectivity index (χ0v) is 22.5. The van der Waals surface area contributed by atoms with Gasteiger partial charge in [0.25, 0.3) is 5.91 Å². The number of hydrogen-bond donors (Lipinski definition) is 6. The first-order valence-corrected chi connectivity index (χ1v) is 12.5. The molecule has 2 unspecified atom stereocenters. The van der Waals surface area contributed by atoms with Gasteiger partial charge >= 0.3 is 12.1 Å².